The van der Waals surface area contributed by atoms with Crippen LogP contribution in [0.4, 0.5) is 0 Å². The van der Waals surface area contributed by atoms with Crippen LogP contribution < -0.4 is 16.4 Å². The summed E-state index contributed by atoms with van der Waals surface area (Å²) in [5, 5.41) is 26.0. The zero-order valence-corrected chi connectivity index (χ0v) is 31.5. The fourth-order valence-corrected chi connectivity index (χ4v) is 9.39. The van der Waals surface area contributed by atoms with Gasteiger partial charge in [0, 0.05) is 43.7 Å². The number of rotatable bonds is 13. The number of ether oxygens (including phenoxy) is 1. The normalized spacial score (nSPS) is 21.1. The highest BCUT2D eigenvalue weighted by Gasteiger charge is 2.46. The van der Waals surface area contributed by atoms with E-state index in [9.17, 15) is 24.6 Å². The number of benzene rings is 3. The van der Waals surface area contributed by atoms with Gasteiger partial charge < -0.3 is 29.8 Å². The van der Waals surface area contributed by atoms with E-state index < -0.39 is 11.5 Å². The Kier molecular flexibility index (Phi) is 10.9. The maximum atomic E-state index is 14.0. The third kappa shape index (κ3) is 7.86. The summed E-state index contributed by atoms with van der Waals surface area (Å²) in [7, 11) is 0. The summed E-state index contributed by atoms with van der Waals surface area (Å²) in [6, 6.07) is 24.3. The molecule has 9 rings (SSSR count). The van der Waals surface area contributed by atoms with Crippen molar-refractivity contribution in [2.24, 2.45) is 5.92 Å². The Balaban J connectivity index is 0.879. The Morgan fingerprint density at radius 1 is 0.927 bits per heavy atom. The first-order valence-corrected chi connectivity index (χ1v) is 20.2. The molecule has 4 N–H and O–H groups in total. The number of phenolic OH excluding ortho intramolecular Hbond substituents is 1. The minimum Gasteiger partial charge on any atom is -0.506 e. The number of esters is 1. The number of aryl methyl sites for hydroxylation is 2. The van der Waals surface area contributed by atoms with Crippen LogP contribution in [0.25, 0.3) is 21.8 Å². The Morgan fingerprint density at radius 2 is 1.76 bits per heavy atom. The van der Waals surface area contributed by atoms with Gasteiger partial charge in [-0.15, -0.1) is 0 Å². The second-order valence-electron chi connectivity index (χ2n) is 16.0. The molecule has 2 bridgehead atoms. The molecule has 4 aliphatic rings. The monoisotopic (exact) mass is 744 g/mol. The van der Waals surface area contributed by atoms with Crippen LogP contribution in [0.2, 0.25) is 0 Å². The van der Waals surface area contributed by atoms with Gasteiger partial charge in [-0.05, 0) is 122 Å². The average molecular weight is 745 g/mol. The SMILES string of the molecule is O=C(O[C@H]1CN2CCC1CC2)C1(c2cccc(CCCCn3c(=O)ccc4cc(CNCC(O)c5ccc(O)c6[nH]c(=O)ccc56)ccc43)c2)CCCCC1. The number of fused-ring (bicyclic) bond motifs is 5. The smallest absolute Gasteiger partial charge is 0.316 e. The average Bonchev–Trinajstić information content (AvgIpc) is 3.21. The number of aromatic amines is 1. The molecule has 0 radical (unpaired) electrons. The number of piperidine rings is 3. The van der Waals surface area contributed by atoms with Crippen molar-refractivity contribution in [3.63, 3.8) is 0 Å². The number of nitrogens with zero attached hydrogens (tertiary/aromatic N) is 2. The van der Waals surface area contributed by atoms with Crippen LogP contribution in [0, 0.1) is 5.92 Å². The number of pyridine rings is 2. The molecule has 1 unspecified atom stereocenters. The first-order valence-electron chi connectivity index (χ1n) is 20.2. The summed E-state index contributed by atoms with van der Waals surface area (Å²) >= 11 is 0. The predicted molar refractivity (Wildman–Crippen MR) is 214 cm³/mol. The van der Waals surface area contributed by atoms with Crippen LogP contribution >= 0.6 is 0 Å². The minimum absolute atomic E-state index is 0.0164. The number of phenols is 1. The van der Waals surface area contributed by atoms with Crippen LogP contribution in [0.15, 0.2) is 88.5 Å². The van der Waals surface area contributed by atoms with E-state index in [1.54, 1.807) is 18.2 Å². The number of nitrogens with one attached hydrogen (secondary N) is 2. The molecule has 4 fully saturated rings. The van der Waals surface area contributed by atoms with Crippen molar-refractivity contribution in [3.8, 4) is 5.75 Å². The highest BCUT2D eigenvalue weighted by Crippen LogP contribution is 2.42. The van der Waals surface area contributed by atoms with Crippen molar-refractivity contribution in [1.82, 2.24) is 19.8 Å². The predicted octanol–water partition coefficient (Wildman–Crippen LogP) is 6.23. The Hall–Kier alpha value is -4.77. The summed E-state index contributed by atoms with van der Waals surface area (Å²) in [5.74, 6) is 0.436. The third-order valence-corrected chi connectivity index (χ3v) is 12.5. The largest absolute Gasteiger partial charge is 0.506 e. The van der Waals surface area contributed by atoms with E-state index in [0.717, 1.165) is 106 Å². The number of aliphatic hydroxyl groups excluding tert-OH is 1. The van der Waals surface area contributed by atoms with Crippen LogP contribution in [0.5, 0.6) is 5.75 Å². The standard InChI is InChI=1S/C45H52N4O6/c50-38-15-12-35(36-13-16-41(52)47-43(36)38)39(51)28-46-27-31-10-14-37-33(25-31)11-17-42(53)49(37)22-5-2-7-30-8-6-9-34(26-30)45(20-3-1-4-21-45)44(54)55-40-29-48-23-18-32(40)19-24-48/h6,8-17,25-26,32,39-40,46,50-51H,1-5,7,18-24,27-29H2,(H,47,52)/t39?,40-/m0/s1. The van der Waals surface area contributed by atoms with Crippen LogP contribution in [0.1, 0.15) is 86.1 Å². The third-order valence-electron chi connectivity index (χ3n) is 12.5. The number of aromatic hydroxyl groups is 1. The Bertz CT molecular complexity index is 2280. The molecule has 55 heavy (non-hydrogen) atoms. The molecule has 288 valence electrons. The van der Waals surface area contributed by atoms with Crippen LogP contribution in [0.3, 0.4) is 0 Å². The summed E-state index contributed by atoms with van der Waals surface area (Å²) < 4.78 is 8.24. The molecule has 0 spiro atoms. The summed E-state index contributed by atoms with van der Waals surface area (Å²) in [5.41, 5.74) is 4.25. The molecule has 1 saturated carbocycles. The van der Waals surface area contributed by atoms with Crippen molar-refractivity contribution in [1.29, 1.82) is 0 Å². The van der Waals surface area contributed by atoms with E-state index in [-0.39, 0.29) is 35.5 Å². The molecule has 1 aliphatic carbocycles. The van der Waals surface area contributed by atoms with Gasteiger partial charge in [0.25, 0.3) is 5.56 Å². The van der Waals surface area contributed by atoms with E-state index in [4.69, 9.17) is 4.74 Å². The van der Waals surface area contributed by atoms with Gasteiger partial charge in [0.1, 0.15) is 11.9 Å². The van der Waals surface area contributed by atoms with Crippen LogP contribution in [-0.2, 0) is 34.5 Å². The van der Waals surface area contributed by atoms with Crippen molar-refractivity contribution in [2.75, 3.05) is 26.2 Å². The summed E-state index contributed by atoms with van der Waals surface area (Å²) in [6.45, 7) is 4.52. The van der Waals surface area contributed by atoms with Gasteiger partial charge in [-0.25, -0.2) is 0 Å². The highest BCUT2D eigenvalue weighted by molar-refractivity contribution is 5.87. The zero-order chi connectivity index (χ0) is 37.9. The lowest BCUT2D eigenvalue weighted by Crippen LogP contribution is -2.53. The highest BCUT2D eigenvalue weighted by atomic mass is 16.5. The number of H-pyrrole nitrogens is 1. The fourth-order valence-electron chi connectivity index (χ4n) is 9.39. The molecule has 3 aliphatic heterocycles. The van der Waals surface area contributed by atoms with Gasteiger partial charge in [-0.2, -0.15) is 0 Å². The number of unbranched alkanes of at least 4 members (excludes halogenated alkanes) is 1. The number of aromatic nitrogens is 2. The van der Waals surface area contributed by atoms with Crippen molar-refractivity contribution in [3.05, 3.63) is 122 Å². The number of carbonyl (C=O) groups is 1. The second-order valence-corrected chi connectivity index (χ2v) is 16.0. The van der Waals surface area contributed by atoms with Crippen molar-refractivity contribution >= 4 is 27.8 Å². The van der Waals surface area contributed by atoms with Crippen molar-refractivity contribution in [2.45, 2.75) is 94.9 Å². The molecule has 3 aromatic carbocycles. The van der Waals surface area contributed by atoms with Gasteiger partial charge in [0.05, 0.1) is 22.6 Å². The quantitative estimate of drug-likeness (QED) is 0.0823. The second kappa shape index (κ2) is 16.1. The topological polar surface area (TPSA) is 137 Å². The molecule has 10 nitrogen and oxygen atoms in total. The van der Waals surface area contributed by atoms with Gasteiger partial charge in [-0.1, -0.05) is 55.7 Å². The van der Waals surface area contributed by atoms with E-state index >= 15 is 0 Å². The minimum atomic E-state index is -0.855. The molecule has 5 heterocycles. The van der Waals surface area contributed by atoms with Crippen LogP contribution in [-0.4, -0.2) is 62.9 Å². The molecule has 3 saturated heterocycles. The molecule has 0 amide bonds. The lowest BCUT2D eigenvalue weighted by Gasteiger charge is -2.45. The summed E-state index contributed by atoms with van der Waals surface area (Å²) in [4.78, 5) is 43.9. The van der Waals surface area contributed by atoms with Crippen molar-refractivity contribution < 1.29 is 19.7 Å². The number of aliphatic hydroxyl groups is 1. The molecule has 2 aromatic heterocycles. The number of carbonyl (C=O) groups excluding carboxylic acids is 1. The Labute approximate surface area is 321 Å². The Morgan fingerprint density at radius 3 is 2.56 bits per heavy atom. The summed E-state index contributed by atoms with van der Waals surface area (Å²) in [6.07, 6.45) is 9.01. The van der Waals surface area contributed by atoms with Gasteiger partial charge in [-0.3, -0.25) is 19.3 Å². The number of hydrogen-bond acceptors (Lipinski definition) is 8. The molecule has 2 atom stereocenters. The van der Waals surface area contributed by atoms with E-state index in [2.05, 4.69) is 45.5 Å². The fraction of sp³-hybridized carbons (Fsp3) is 0.444. The lowest BCUT2D eigenvalue weighted by molar-refractivity contribution is -0.167. The maximum absolute atomic E-state index is 14.0. The molecule has 5 aromatic rings. The van der Waals surface area contributed by atoms with Gasteiger partial charge in [0.2, 0.25) is 5.56 Å². The van der Waals surface area contributed by atoms with Gasteiger partial charge >= 0.3 is 5.97 Å². The van der Waals surface area contributed by atoms with E-state index in [1.807, 2.05) is 22.8 Å². The number of hydrogen-bond donors (Lipinski definition) is 4. The lowest BCUT2D eigenvalue weighted by atomic mass is 9.69. The maximum Gasteiger partial charge on any atom is 0.316 e. The van der Waals surface area contributed by atoms with Gasteiger partial charge in [0.15, 0.2) is 0 Å². The van der Waals surface area contributed by atoms with E-state index in [0.29, 0.717) is 35.5 Å². The first-order chi connectivity index (χ1) is 26.8. The molecule has 10 heteroatoms. The zero-order valence-electron chi connectivity index (χ0n) is 31.5. The van der Waals surface area contributed by atoms with E-state index in [1.165, 1.54) is 17.7 Å². The molecular weight excluding hydrogens is 693 g/mol. The first kappa shape index (κ1) is 37.2. The molecular formula is C45H52N4O6.